The van der Waals surface area contributed by atoms with Crippen molar-refractivity contribution >= 4 is 45.3 Å². The van der Waals surface area contributed by atoms with Crippen LogP contribution in [-0.2, 0) is 25.6 Å². The van der Waals surface area contributed by atoms with E-state index in [1.165, 1.54) is 11.1 Å². The van der Waals surface area contributed by atoms with Gasteiger partial charge in [0.15, 0.2) is 0 Å². The Kier molecular flexibility index (Phi) is 9.87. The maximum absolute atomic E-state index is 12.7. The van der Waals surface area contributed by atoms with Gasteiger partial charge in [0, 0.05) is 12.1 Å². The van der Waals surface area contributed by atoms with Crippen LogP contribution in [0, 0.1) is 6.92 Å². The summed E-state index contributed by atoms with van der Waals surface area (Å²) in [5.74, 6) is -2.57. The Bertz CT molecular complexity index is 962. The standard InChI is InChI=1S/C23H26BrN3O5/c1-15-3-2-4-17(11-15)12-16-5-7-18(8-6-16)26-23(32)19(9-10-22(30)31)27-21(29)14-25-20(28)13-24/h2-8,11,19H,9-10,12-14H2,1H3,(H,25,28)(H,26,32)(H,27,29)(H,30,31)/t19-/m0/s1. The first-order valence-electron chi connectivity index (χ1n) is 10.1. The zero-order valence-corrected chi connectivity index (χ0v) is 19.3. The lowest BCUT2D eigenvalue weighted by atomic mass is 10.0. The van der Waals surface area contributed by atoms with Gasteiger partial charge in [-0.05, 0) is 43.0 Å². The summed E-state index contributed by atoms with van der Waals surface area (Å²) in [7, 11) is 0. The summed E-state index contributed by atoms with van der Waals surface area (Å²) < 4.78 is 0. The number of anilines is 1. The average molecular weight is 504 g/mol. The van der Waals surface area contributed by atoms with Gasteiger partial charge < -0.3 is 21.1 Å². The van der Waals surface area contributed by atoms with E-state index in [1.807, 2.05) is 31.2 Å². The highest BCUT2D eigenvalue weighted by atomic mass is 79.9. The molecular formula is C23H26BrN3O5. The van der Waals surface area contributed by atoms with Crippen LogP contribution in [0.2, 0.25) is 0 Å². The Morgan fingerprint density at radius 1 is 1.00 bits per heavy atom. The molecule has 0 saturated heterocycles. The monoisotopic (exact) mass is 503 g/mol. The van der Waals surface area contributed by atoms with Crippen molar-refractivity contribution in [2.24, 2.45) is 0 Å². The minimum absolute atomic E-state index is 0.0447. The summed E-state index contributed by atoms with van der Waals surface area (Å²) in [6.07, 6.45) is 0.389. The molecule has 8 nitrogen and oxygen atoms in total. The molecule has 2 aromatic carbocycles. The highest BCUT2D eigenvalue weighted by molar-refractivity contribution is 9.09. The number of carbonyl (C=O) groups excluding carboxylic acids is 3. The van der Waals surface area contributed by atoms with Crippen molar-refractivity contribution in [2.75, 3.05) is 17.2 Å². The number of hydrogen-bond donors (Lipinski definition) is 4. The lowest BCUT2D eigenvalue weighted by Crippen LogP contribution is -2.47. The molecule has 32 heavy (non-hydrogen) atoms. The molecule has 0 radical (unpaired) electrons. The van der Waals surface area contributed by atoms with E-state index in [0.717, 1.165) is 12.0 Å². The fraction of sp³-hybridized carbons (Fsp3) is 0.304. The Morgan fingerprint density at radius 3 is 2.34 bits per heavy atom. The predicted octanol–water partition coefficient (Wildman–Crippen LogP) is 2.39. The van der Waals surface area contributed by atoms with Gasteiger partial charge in [0.1, 0.15) is 6.04 Å². The Hall–Kier alpha value is -3.20. The van der Waals surface area contributed by atoms with E-state index in [1.54, 1.807) is 12.1 Å². The van der Waals surface area contributed by atoms with Crippen molar-refractivity contribution in [1.29, 1.82) is 0 Å². The third kappa shape index (κ3) is 8.89. The lowest BCUT2D eigenvalue weighted by molar-refractivity contribution is -0.137. The molecule has 3 amide bonds. The fourth-order valence-corrected chi connectivity index (χ4v) is 3.20. The van der Waals surface area contributed by atoms with E-state index in [2.05, 4.69) is 44.0 Å². The number of carboxylic acids is 1. The molecule has 0 aliphatic rings. The van der Waals surface area contributed by atoms with Crippen LogP contribution in [-0.4, -0.2) is 46.7 Å². The first-order chi connectivity index (χ1) is 15.3. The van der Waals surface area contributed by atoms with Gasteiger partial charge in [-0.15, -0.1) is 0 Å². The quantitative estimate of drug-likeness (QED) is 0.350. The van der Waals surface area contributed by atoms with Gasteiger partial charge in [0.2, 0.25) is 17.7 Å². The highest BCUT2D eigenvalue weighted by Gasteiger charge is 2.22. The molecule has 0 unspecified atom stereocenters. The lowest BCUT2D eigenvalue weighted by Gasteiger charge is -2.18. The van der Waals surface area contributed by atoms with Crippen molar-refractivity contribution in [3.05, 3.63) is 65.2 Å². The topological polar surface area (TPSA) is 125 Å². The zero-order chi connectivity index (χ0) is 23.5. The van der Waals surface area contributed by atoms with Gasteiger partial charge >= 0.3 is 5.97 Å². The van der Waals surface area contributed by atoms with Gasteiger partial charge in [-0.1, -0.05) is 57.9 Å². The van der Waals surface area contributed by atoms with Crippen molar-refractivity contribution in [3.63, 3.8) is 0 Å². The summed E-state index contributed by atoms with van der Waals surface area (Å²) >= 11 is 2.97. The average Bonchev–Trinajstić information content (AvgIpc) is 2.76. The SMILES string of the molecule is Cc1cccc(Cc2ccc(NC(=O)[C@H](CCC(=O)O)NC(=O)CNC(=O)CBr)cc2)c1. The number of benzene rings is 2. The number of carbonyl (C=O) groups is 4. The van der Waals surface area contributed by atoms with E-state index in [-0.39, 0.29) is 30.6 Å². The second-order valence-electron chi connectivity index (χ2n) is 7.31. The predicted molar refractivity (Wildman–Crippen MR) is 125 cm³/mol. The van der Waals surface area contributed by atoms with Crippen LogP contribution in [0.25, 0.3) is 0 Å². The number of nitrogens with one attached hydrogen (secondary N) is 3. The van der Waals surface area contributed by atoms with Crippen LogP contribution < -0.4 is 16.0 Å². The Morgan fingerprint density at radius 2 is 1.72 bits per heavy atom. The molecule has 0 saturated carbocycles. The van der Waals surface area contributed by atoms with Gasteiger partial charge in [0.25, 0.3) is 0 Å². The van der Waals surface area contributed by atoms with E-state index in [0.29, 0.717) is 5.69 Å². The number of aryl methyl sites for hydroxylation is 1. The van der Waals surface area contributed by atoms with Crippen molar-refractivity contribution < 1.29 is 24.3 Å². The molecule has 0 bridgehead atoms. The first-order valence-corrected chi connectivity index (χ1v) is 11.2. The summed E-state index contributed by atoms with van der Waals surface area (Å²) in [5, 5.41) is 16.5. The molecule has 2 aromatic rings. The zero-order valence-electron chi connectivity index (χ0n) is 17.7. The normalized spacial score (nSPS) is 11.3. The molecule has 0 fully saturated rings. The highest BCUT2D eigenvalue weighted by Crippen LogP contribution is 2.15. The Labute approximate surface area is 194 Å². The minimum Gasteiger partial charge on any atom is -0.481 e. The summed E-state index contributed by atoms with van der Waals surface area (Å²) in [4.78, 5) is 46.9. The number of aliphatic carboxylic acids is 1. The third-order valence-corrected chi connectivity index (χ3v) is 5.09. The molecular weight excluding hydrogens is 478 g/mol. The second kappa shape index (κ2) is 12.6. The maximum atomic E-state index is 12.7. The number of carboxylic acid groups (broad SMARTS) is 1. The van der Waals surface area contributed by atoms with Crippen LogP contribution in [0.5, 0.6) is 0 Å². The molecule has 4 N–H and O–H groups in total. The van der Waals surface area contributed by atoms with E-state index < -0.39 is 23.8 Å². The molecule has 0 aromatic heterocycles. The molecule has 1 atom stereocenters. The van der Waals surface area contributed by atoms with E-state index in [9.17, 15) is 19.2 Å². The number of alkyl halides is 1. The largest absolute Gasteiger partial charge is 0.481 e. The summed E-state index contributed by atoms with van der Waals surface area (Å²) in [6, 6.07) is 14.5. The molecule has 0 aliphatic heterocycles. The van der Waals surface area contributed by atoms with Gasteiger partial charge in [-0.2, -0.15) is 0 Å². The van der Waals surface area contributed by atoms with Crippen LogP contribution in [0.15, 0.2) is 48.5 Å². The molecule has 0 heterocycles. The van der Waals surface area contributed by atoms with Gasteiger partial charge in [0.05, 0.1) is 11.9 Å². The molecule has 0 aliphatic carbocycles. The van der Waals surface area contributed by atoms with Crippen molar-refractivity contribution in [3.8, 4) is 0 Å². The smallest absolute Gasteiger partial charge is 0.303 e. The Balaban J connectivity index is 1.98. The van der Waals surface area contributed by atoms with Crippen LogP contribution in [0.1, 0.15) is 29.5 Å². The van der Waals surface area contributed by atoms with Crippen LogP contribution >= 0.6 is 15.9 Å². The van der Waals surface area contributed by atoms with E-state index >= 15 is 0 Å². The molecule has 9 heteroatoms. The number of amides is 3. The number of hydrogen-bond acceptors (Lipinski definition) is 4. The second-order valence-corrected chi connectivity index (χ2v) is 7.88. The van der Waals surface area contributed by atoms with Crippen molar-refractivity contribution in [1.82, 2.24) is 10.6 Å². The van der Waals surface area contributed by atoms with Crippen LogP contribution in [0.4, 0.5) is 5.69 Å². The summed E-state index contributed by atoms with van der Waals surface area (Å²) in [6.45, 7) is 1.73. The molecule has 0 spiro atoms. The maximum Gasteiger partial charge on any atom is 0.303 e. The third-order valence-electron chi connectivity index (χ3n) is 4.58. The minimum atomic E-state index is -1.08. The first kappa shape index (κ1) is 25.1. The van der Waals surface area contributed by atoms with Gasteiger partial charge in [-0.25, -0.2) is 0 Å². The van der Waals surface area contributed by atoms with Crippen molar-refractivity contribution in [2.45, 2.75) is 32.2 Å². The fourth-order valence-electron chi connectivity index (χ4n) is 3.00. The van der Waals surface area contributed by atoms with E-state index in [4.69, 9.17) is 5.11 Å². The molecule has 170 valence electrons. The van der Waals surface area contributed by atoms with Crippen LogP contribution in [0.3, 0.4) is 0 Å². The van der Waals surface area contributed by atoms with Gasteiger partial charge in [-0.3, -0.25) is 19.2 Å². The summed E-state index contributed by atoms with van der Waals surface area (Å²) in [5.41, 5.74) is 3.98. The number of halogens is 1. The molecule has 2 rings (SSSR count). The number of rotatable bonds is 11.